The molecule has 0 aromatic carbocycles. The van der Waals surface area contributed by atoms with Crippen molar-refractivity contribution in [3.63, 3.8) is 0 Å². The minimum atomic E-state index is 0.800. The number of hydrogen-bond donors (Lipinski definition) is 1. The predicted octanol–water partition coefficient (Wildman–Crippen LogP) is 1.54. The molecule has 3 aliphatic heterocycles. The third-order valence-corrected chi connectivity index (χ3v) is 6.56. The van der Waals surface area contributed by atoms with E-state index in [4.69, 9.17) is 0 Å². The van der Waals surface area contributed by atoms with Gasteiger partial charge in [0.05, 0.1) is 0 Å². The summed E-state index contributed by atoms with van der Waals surface area (Å²) in [4.78, 5) is 5.44. The number of nitrogens with one attached hydrogen (secondary N) is 1. The van der Waals surface area contributed by atoms with E-state index in [1.807, 2.05) is 0 Å². The summed E-state index contributed by atoms with van der Waals surface area (Å²) in [5, 5.41) is 3.83. The van der Waals surface area contributed by atoms with Gasteiger partial charge in [0.2, 0.25) is 0 Å². The number of fused-ring (bicyclic) bond motifs is 3. The zero-order valence-electron chi connectivity index (χ0n) is 12.4. The van der Waals surface area contributed by atoms with Crippen molar-refractivity contribution in [1.29, 1.82) is 0 Å². The van der Waals surface area contributed by atoms with Crippen LogP contribution >= 0.6 is 0 Å². The van der Waals surface area contributed by atoms with E-state index in [0.29, 0.717) is 0 Å². The molecule has 0 aromatic rings. The van der Waals surface area contributed by atoms with Gasteiger partial charge in [-0.05, 0) is 64.1 Å². The molecule has 5 unspecified atom stereocenters. The average molecular weight is 263 g/mol. The molecule has 0 spiro atoms. The lowest BCUT2D eigenvalue weighted by Crippen LogP contribution is -2.44. The van der Waals surface area contributed by atoms with Crippen molar-refractivity contribution < 1.29 is 0 Å². The number of likely N-dealkylation sites (N-methyl/N-ethyl adjacent to an activating group) is 1. The molecule has 108 valence electrons. The first-order chi connectivity index (χ1) is 9.31. The molecule has 0 radical (unpaired) electrons. The normalized spacial score (nSPS) is 47.5. The van der Waals surface area contributed by atoms with Crippen LogP contribution < -0.4 is 5.32 Å². The largest absolute Gasteiger partial charge is 0.312 e. The minimum absolute atomic E-state index is 0.800. The summed E-state index contributed by atoms with van der Waals surface area (Å²) >= 11 is 0. The fraction of sp³-hybridized carbons (Fsp3) is 1.00. The van der Waals surface area contributed by atoms with Crippen LogP contribution in [0.2, 0.25) is 0 Å². The fourth-order valence-electron chi connectivity index (χ4n) is 5.33. The summed E-state index contributed by atoms with van der Waals surface area (Å²) in [6.07, 6.45) is 8.74. The molecule has 1 aliphatic carbocycles. The smallest absolute Gasteiger partial charge is 0.0226 e. The average Bonchev–Trinajstić information content (AvgIpc) is 3.02. The SMILES string of the molecule is CN1C2CCC1CN(CC1NCC3CCCC31)CC2. The molecule has 3 nitrogen and oxygen atoms in total. The quantitative estimate of drug-likeness (QED) is 0.815. The van der Waals surface area contributed by atoms with Gasteiger partial charge in [-0.1, -0.05) is 6.42 Å². The molecule has 1 saturated carbocycles. The van der Waals surface area contributed by atoms with Crippen LogP contribution in [0.25, 0.3) is 0 Å². The van der Waals surface area contributed by atoms with Crippen LogP contribution in [0.15, 0.2) is 0 Å². The third kappa shape index (κ3) is 2.24. The second-order valence-electron chi connectivity index (χ2n) is 7.47. The van der Waals surface area contributed by atoms with E-state index in [9.17, 15) is 0 Å². The summed E-state index contributed by atoms with van der Waals surface area (Å²) in [5.41, 5.74) is 0. The molecule has 4 aliphatic rings. The Labute approximate surface area is 117 Å². The van der Waals surface area contributed by atoms with Gasteiger partial charge in [0, 0.05) is 31.2 Å². The van der Waals surface area contributed by atoms with Crippen molar-refractivity contribution in [2.24, 2.45) is 11.8 Å². The van der Waals surface area contributed by atoms with Crippen LogP contribution in [0.4, 0.5) is 0 Å². The number of hydrogen-bond acceptors (Lipinski definition) is 3. The Morgan fingerprint density at radius 2 is 1.95 bits per heavy atom. The molecular formula is C16H29N3. The minimum Gasteiger partial charge on any atom is -0.312 e. The molecule has 0 aromatic heterocycles. The molecule has 3 heteroatoms. The highest BCUT2D eigenvalue weighted by molar-refractivity contribution is 4.97. The standard InChI is InChI=1S/C16H29N3/c1-18-13-5-6-14(18)10-19(8-7-13)11-16-15-4-2-3-12(15)9-17-16/h12-17H,2-11H2,1H3. The zero-order chi connectivity index (χ0) is 12.8. The molecule has 1 N–H and O–H groups in total. The number of nitrogens with zero attached hydrogens (tertiary/aromatic N) is 2. The van der Waals surface area contributed by atoms with Crippen LogP contribution in [-0.2, 0) is 0 Å². The van der Waals surface area contributed by atoms with Crippen LogP contribution in [0.3, 0.4) is 0 Å². The van der Waals surface area contributed by atoms with E-state index in [0.717, 1.165) is 30.0 Å². The molecule has 2 bridgehead atoms. The Hall–Kier alpha value is -0.120. The third-order valence-electron chi connectivity index (χ3n) is 6.56. The van der Waals surface area contributed by atoms with Gasteiger partial charge in [0.25, 0.3) is 0 Å². The van der Waals surface area contributed by atoms with E-state index in [1.165, 1.54) is 64.7 Å². The molecule has 19 heavy (non-hydrogen) atoms. The zero-order valence-corrected chi connectivity index (χ0v) is 12.4. The van der Waals surface area contributed by atoms with Gasteiger partial charge in [-0.15, -0.1) is 0 Å². The maximum atomic E-state index is 3.83. The van der Waals surface area contributed by atoms with Crippen molar-refractivity contribution in [2.45, 2.75) is 56.7 Å². The summed E-state index contributed by atoms with van der Waals surface area (Å²) in [6.45, 7) is 5.27. The van der Waals surface area contributed by atoms with Crippen molar-refractivity contribution in [1.82, 2.24) is 15.1 Å². The van der Waals surface area contributed by atoms with Crippen molar-refractivity contribution in [3.05, 3.63) is 0 Å². The number of likely N-dealkylation sites (tertiary alicyclic amines) is 1. The molecule has 5 atom stereocenters. The first-order valence-corrected chi connectivity index (χ1v) is 8.49. The summed E-state index contributed by atoms with van der Waals surface area (Å²) in [5.74, 6) is 2.01. The Morgan fingerprint density at radius 1 is 1.05 bits per heavy atom. The van der Waals surface area contributed by atoms with Crippen LogP contribution in [0.5, 0.6) is 0 Å². The second-order valence-corrected chi connectivity index (χ2v) is 7.47. The van der Waals surface area contributed by atoms with E-state index in [2.05, 4.69) is 22.2 Å². The molecular weight excluding hydrogens is 234 g/mol. The predicted molar refractivity (Wildman–Crippen MR) is 78.3 cm³/mol. The summed E-state index contributed by atoms with van der Waals surface area (Å²) < 4.78 is 0. The first kappa shape index (κ1) is 12.6. The van der Waals surface area contributed by atoms with Crippen molar-refractivity contribution >= 4 is 0 Å². The fourth-order valence-corrected chi connectivity index (χ4v) is 5.33. The second kappa shape index (κ2) is 5.01. The Balaban J connectivity index is 1.38. The highest BCUT2D eigenvalue weighted by atomic mass is 15.3. The van der Waals surface area contributed by atoms with Crippen LogP contribution in [0, 0.1) is 11.8 Å². The van der Waals surface area contributed by atoms with Gasteiger partial charge in [0.15, 0.2) is 0 Å². The van der Waals surface area contributed by atoms with Crippen molar-refractivity contribution in [3.8, 4) is 0 Å². The number of rotatable bonds is 2. The Bertz CT molecular complexity index is 332. The van der Waals surface area contributed by atoms with E-state index in [1.54, 1.807) is 0 Å². The van der Waals surface area contributed by atoms with E-state index < -0.39 is 0 Å². The van der Waals surface area contributed by atoms with Gasteiger partial charge in [0.1, 0.15) is 0 Å². The van der Waals surface area contributed by atoms with Gasteiger partial charge in [-0.2, -0.15) is 0 Å². The molecule has 3 saturated heterocycles. The summed E-state index contributed by atoms with van der Waals surface area (Å²) in [7, 11) is 2.35. The molecule has 0 amide bonds. The van der Waals surface area contributed by atoms with Crippen molar-refractivity contribution in [2.75, 3.05) is 33.2 Å². The first-order valence-electron chi connectivity index (χ1n) is 8.49. The Morgan fingerprint density at radius 3 is 2.89 bits per heavy atom. The lowest BCUT2D eigenvalue weighted by Gasteiger charge is -2.30. The highest BCUT2D eigenvalue weighted by Crippen LogP contribution is 2.38. The maximum Gasteiger partial charge on any atom is 0.0226 e. The highest BCUT2D eigenvalue weighted by Gasteiger charge is 2.41. The van der Waals surface area contributed by atoms with Gasteiger partial charge >= 0.3 is 0 Å². The van der Waals surface area contributed by atoms with Crippen LogP contribution in [-0.4, -0.2) is 61.2 Å². The van der Waals surface area contributed by atoms with Gasteiger partial charge in [-0.3, -0.25) is 4.90 Å². The van der Waals surface area contributed by atoms with Gasteiger partial charge < -0.3 is 10.2 Å². The maximum absolute atomic E-state index is 3.83. The molecule has 4 fully saturated rings. The summed E-state index contributed by atoms with van der Waals surface area (Å²) in [6, 6.07) is 2.52. The molecule has 4 rings (SSSR count). The van der Waals surface area contributed by atoms with Gasteiger partial charge in [-0.25, -0.2) is 0 Å². The van der Waals surface area contributed by atoms with Crippen LogP contribution in [0.1, 0.15) is 38.5 Å². The Kier molecular flexibility index (Phi) is 3.33. The monoisotopic (exact) mass is 263 g/mol. The van der Waals surface area contributed by atoms with E-state index in [-0.39, 0.29) is 0 Å². The van der Waals surface area contributed by atoms with E-state index >= 15 is 0 Å². The lowest BCUT2D eigenvalue weighted by molar-refractivity contribution is 0.196. The molecule has 3 heterocycles. The topological polar surface area (TPSA) is 18.5 Å². The lowest BCUT2D eigenvalue weighted by atomic mass is 9.93.